The topological polar surface area (TPSA) is 112 Å². The van der Waals surface area contributed by atoms with Crippen LogP contribution in [0.25, 0.3) is 22.2 Å². The maximum absolute atomic E-state index is 12.8. The van der Waals surface area contributed by atoms with Gasteiger partial charge in [0.25, 0.3) is 5.91 Å². The molecule has 2 aromatic heterocycles. The minimum Gasteiger partial charge on any atom is -0.495 e. The van der Waals surface area contributed by atoms with Crippen molar-refractivity contribution in [2.75, 3.05) is 18.2 Å². The van der Waals surface area contributed by atoms with E-state index in [1.807, 2.05) is 30.5 Å². The quantitative estimate of drug-likeness (QED) is 0.454. The van der Waals surface area contributed by atoms with Crippen LogP contribution in [0.5, 0.6) is 5.75 Å². The summed E-state index contributed by atoms with van der Waals surface area (Å²) in [5, 5.41) is 3.67. The lowest BCUT2D eigenvalue weighted by Gasteiger charge is -2.23. The standard InChI is InChI=1S/C26H25N5O3/c1-34-22-5-3-2-4-21(22)30-26(33)17-8-6-16(7-9-17)20-14-31(18-10-12-19(32)13-11-18)25-23(20)24(27)28-15-29-25/h2-9,14-15,18H,10-13H2,1H3,(H,30,33)(H2,27,28,29). The molecule has 1 saturated carbocycles. The molecule has 2 heterocycles. The summed E-state index contributed by atoms with van der Waals surface area (Å²) in [4.78, 5) is 33.2. The molecule has 0 saturated heterocycles. The summed E-state index contributed by atoms with van der Waals surface area (Å²) in [5.41, 5.74) is 9.96. The Morgan fingerprint density at radius 2 is 1.82 bits per heavy atom. The van der Waals surface area contributed by atoms with E-state index in [0.717, 1.165) is 35.0 Å². The molecule has 1 fully saturated rings. The van der Waals surface area contributed by atoms with Crippen LogP contribution in [-0.2, 0) is 4.79 Å². The van der Waals surface area contributed by atoms with E-state index in [1.54, 1.807) is 31.4 Å². The molecule has 0 atom stereocenters. The summed E-state index contributed by atoms with van der Waals surface area (Å²) in [6.07, 6.45) is 6.24. The SMILES string of the molecule is COc1ccccc1NC(=O)c1ccc(-c2cn(C3CCC(=O)CC3)c3ncnc(N)c23)cc1. The molecule has 1 aliphatic carbocycles. The van der Waals surface area contributed by atoms with E-state index < -0.39 is 0 Å². The minimum atomic E-state index is -0.229. The van der Waals surface area contributed by atoms with Gasteiger partial charge in [-0.2, -0.15) is 0 Å². The molecule has 4 aromatic rings. The van der Waals surface area contributed by atoms with Gasteiger partial charge in [-0.1, -0.05) is 24.3 Å². The van der Waals surface area contributed by atoms with E-state index in [9.17, 15) is 9.59 Å². The van der Waals surface area contributed by atoms with Crippen molar-refractivity contribution in [3.05, 3.63) is 66.6 Å². The number of hydrogen-bond donors (Lipinski definition) is 2. The van der Waals surface area contributed by atoms with Crippen LogP contribution in [-0.4, -0.2) is 33.3 Å². The predicted molar refractivity (Wildman–Crippen MR) is 131 cm³/mol. The highest BCUT2D eigenvalue weighted by atomic mass is 16.5. The minimum absolute atomic E-state index is 0.189. The highest BCUT2D eigenvalue weighted by molar-refractivity contribution is 6.06. The van der Waals surface area contributed by atoms with Gasteiger partial charge in [-0.3, -0.25) is 9.59 Å². The van der Waals surface area contributed by atoms with Gasteiger partial charge in [-0.25, -0.2) is 9.97 Å². The zero-order chi connectivity index (χ0) is 23.7. The Bertz CT molecular complexity index is 1370. The summed E-state index contributed by atoms with van der Waals surface area (Å²) in [6, 6.07) is 14.8. The Labute approximate surface area is 196 Å². The number of fused-ring (bicyclic) bond motifs is 1. The van der Waals surface area contributed by atoms with Crippen molar-refractivity contribution in [2.24, 2.45) is 0 Å². The number of anilines is 2. The van der Waals surface area contributed by atoms with Crippen molar-refractivity contribution in [3.8, 4) is 16.9 Å². The molecule has 0 spiro atoms. The van der Waals surface area contributed by atoms with Crippen molar-refractivity contribution in [1.82, 2.24) is 14.5 Å². The lowest BCUT2D eigenvalue weighted by atomic mass is 9.94. The molecular weight excluding hydrogens is 430 g/mol. The number of Topliss-reactive ketones (excluding diaryl/α,β-unsaturated/α-hetero) is 1. The number of benzene rings is 2. The molecule has 1 aliphatic rings. The van der Waals surface area contributed by atoms with E-state index in [0.29, 0.717) is 41.4 Å². The third-order valence-corrected chi connectivity index (χ3v) is 6.36. The van der Waals surface area contributed by atoms with Crippen LogP contribution >= 0.6 is 0 Å². The van der Waals surface area contributed by atoms with E-state index in [4.69, 9.17) is 10.5 Å². The number of ketones is 1. The van der Waals surface area contributed by atoms with Gasteiger partial charge in [0.2, 0.25) is 0 Å². The van der Waals surface area contributed by atoms with E-state index in [-0.39, 0.29) is 11.9 Å². The smallest absolute Gasteiger partial charge is 0.255 e. The summed E-state index contributed by atoms with van der Waals surface area (Å²) < 4.78 is 7.43. The molecular formula is C26H25N5O3. The Kier molecular flexibility index (Phi) is 5.71. The number of carbonyl (C=O) groups excluding carboxylic acids is 2. The Morgan fingerprint density at radius 1 is 1.09 bits per heavy atom. The number of nitrogens with two attached hydrogens (primary N) is 1. The average Bonchev–Trinajstić information content (AvgIpc) is 3.26. The van der Waals surface area contributed by atoms with E-state index >= 15 is 0 Å². The highest BCUT2D eigenvalue weighted by Crippen LogP contribution is 2.37. The fourth-order valence-corrected chi connectivity index (χ4v) is 4.55. The zero-order valence-electron chi connectivity index (χ0n) is 18.8. The molecule has 172 valence electrons. The third kappa shape index (κ3) is 3.98. The van der Waals surface area contributed by atoms with Crippen LogP contribution < -0.4 is 15.8 Å². The van der Waals surface area contributed by atoms with Crippen LogP contribution in [0.4, 0.5) is 11.5 Å². The number of ether oxygens (including phenoxy) is 1. The van der Waals surface area contributed by atoms with Crippen molar-refractivity contribution >= 4 is 34.2 Å². The van der Waals surface area contributed by atoms with Crippen LogP contribution in [0.3, 0.4) is 0 Å². The molecule has 34 heavy (non-hydrogen) atoms. The van der Waals surface area contributed by atoms with Gasteiger partial charge in [0.15, 0.2) is 0 Å². The van der Waals surface area contributed by atoms with Crippen LogP contribution in [0, 0.1) is 0 Å². The van der Waals surface area contributed by atoms with Gasteiger partial charge in [0.05, 0.1) is 18.2 Å². The number of aromatic nitrogens is 3. The first-order valence-corrected chi connectivity index (χ1v) is 11.2. The van der Waals surface area contributed by atoms with E-state index in [1.165, 1.54) is 6.33 Å². The molecule has 8 nitrogen and oxygen atoms in total. The summed E-state index contributed by atoms with van der Waals surface area (Å²) >= 11 is 0. The maximum atomic E-state index is 12.8. The Balaban J connectivity index is 1.46. The number of nitrogen functional groups attached to an aromatic ring is 1. The van der Waals surface area contributed by atoms with Gasteiger partial charge in [0.1, 0.15) is 29.3 Å². The van der Waals surface area contributed by atoms with E-state index in [2.05, 4.69) is 19.9 Å². The van der Waals surface area contributed by atoms with Crippen molar-refractivity contribution < 1.29 is 14.3 Å². The number of rotatable bonds is 5. The number of amides is 1. The van der Waals surface area contributed by atoms with Crippen molar-refractivity contribution in [1.29, 1.82) is 0 Å². The van der Waals surface area contributed by atoms with Gasteiger partial charge < -0.3 is 20.4 Å². The second kappa shape index (κ2) is 8.97. The molecule has 0 aliphatic heterocycles. The number of carbonyl (C=O) groups is 2. The molecule has 0 unspecified atom stereocenters. The molecule has 3 N–H and O–H groups in total. The fourth-order valence-electron chi connectivity index (χ4n) is 4.55. The second-order valence-electron chi connectivity index (χ2n) is 8.41. The lowest BCUT2D eigenvalue weighted by molar-refractivity contribution is -0.120. The van der Waals surface area contributed by atoms with Crippen LogP contribution in [0.1, 0.15) is 42.1 Å². The van der Waals surface area contributed by atoms with Gasteiger partial charge in [0, 0.05) is 36.2 Å². The molecule has 0 radical (unpaired) electrons. The molecule has 5 rings (SSSR count). The number of hydrogen-bond acceptors (Lipinski definition) is 6. The molecule has 2 aromatic carbocycles. The number of methoxy groups -OCH3 is 1. The first-order chi connectivity index (χ1) is 16.5. The normalized spacial score (nSPS) is 14.3. The summed E-state index contributed by atoms with van der Waals surface area (Å²) in [6.45, 7) is 0. The Morgan fingerprint density at radius 3 is 2.56 bits per heavy atom. The fraction of sp³-hybridized carbons (Fsp3) is 0.231. The zero-order valence-corrected chi connectivity index (χ0v) is 18.8. The maximum Gasteiger partial charge on any atom is 0.255 e. The van der Waals surface area contributed by atoms with Crippen LogP contribution in [0.2, 0.25) is 0 Å². The molecule has 8 heteroatoms. The first kappa shape index (κ1) is 21.6. The average molecular weight is 456 g/mol. The monoisotopic (exact) mass is 455 g/mol. The van der Waals surface area contributed by atoms with Crippen molar-refractivity contribution in [3.63, 3.8) is 0 Å². The highest BCUT2D eigenvalue weighted by Gasteiger charge is 2.24. The summed E-state index contributed by atoms with van der Waals surface area (Å²) in [7, 11) is 1.57. The number of para-hydroxylation sites is 2. The summed E-state index contributed by atoms with van der Waals surface area (Å²) in [5.74, 6) is 1.08. The molecule has 1 amide bonds. The second-order valence-corrected chi connectivity index (χ2v) is 8.41. The van der Waals surface area contributed by atoms with Crippen molar-refractivity contribution in [2.45, 2.75) is 31.7 Å². The van der Waals surface area contributed by atoms with Gasteiger partial charge in [-0.15, -0.1) is 0 Å². The predicted octanol–water partition coefficient (Wildman–Crippen LogP) is 4.63. The van der Waals surface area contributed by atoms with Gasteiger partial charge in [-0.05, 0) is 42.7 Å². The third-order valence-electron chi connectivity index (χ3n) is 6.36. The van der Waals surface area contributed by atoms with Crippen LogP contribution in [0.15, 0.2) is 61.1 Å². The molecule has 0 bridgehead atoms. The first-order valence-electron chi connectivity index (χ1n) is 11.2. The Hall–Kier alpha value is -4.20. The van der Waals surface area contributed by atoms with Gasteiger partial charge >= 0.3 is 0 Å². The number of nitrogens with one attached hydrogen (secondary N) is 1. The number of nitrogens with zero attached hydrogens (tertiary/aromatic N) is 3. The largest absolute Gasteiger partial charge is 0.495 e. The lowest BCUT2D eigenvalue weighted by Crippen LogP contribution is -2.17.